The van der Waals surface area contributed by atoms with Crippen LogP contribution in [0.15, 0.2) is 67.0 Å². The van der Waals surface area contributed by atoms with Gasteiger partial charge in [0.05, 0.1) is 11.3 Å². The van der Waals surface area contributed by atoms with Gasteiger partial charge in [-0.2, -0.15) is 4.80 Å². The minimum atomic E-state index is -0.224. The van der Waals surface area contributed by atoms with Crippen LogP contribution in [0.3, 0.4) is 0 Å². The van der Waals surface area contributed by atoms with Gasteiger partial charge < -0.3 is 5.32 Å². The van der Waals surface area contributed by atoms with Crippen LogP contribution in [0.2, 0.25) is 5.02 Å². The van der Waals surface area contributed by atoms with E-state index in [1.165, 1.54) is 11.0 Å². The van der Waals surface area contributed by atoms with Gasteiger partial charge in [-0.25, -0.2) is 0 Å². The third kappa shape index (κ3) is 3.20. The molecule has 6 nitrogen and oxygen atoms in total. The van der Waals surface area contributed by atoms with E-state index in [2.05, 4.69) is 20.5 Å². The van der Waals surface area contributed by atoms with Crippen molar-refractivity contribution in [2.75, 3.05) is 5.32 Å². The van der Waals surface area contributed by atoms with Gasteiger partial charge in [0.15, 0.2) is 0 Å². The lowest BCUT2D eigenvalue weighted by atomic mass is 10.2. The molecule has 0 saturated carbocycles. The zero-order chi connectivity index (χ0) is 17.2. The van der Waals surface area contributed by atoms with Crippen LogP contribution < -0.4 is 5.32 Å². The maximum Gasteiger partial charge on any atom is 0.257 e. The molecular weight excluding hydrogens is 338 g/mol. The predicted molar refractivity (Wildman–Crippen MR) is 96.1 cm³/mol. The van der Waals surface area contributed by atoms with Crippen molar-refractivity contribution in [3.05, 3.63) is 77.6 Å². The molecule has 25 heavy (non-hydrogen) atoms. The summed E-state index contributed by atoms with van der Waals surface area (Å²) in [7, 11) is 0. The number of carbonyl (C=O) groups is 1. The summed E-state index contributed by atoms with van der Waals surface area (Å²) < 4.78 is 0. The number of anilines is 1. The van der Waals surface area contributed by atoms with E-state index in [0.717, 1.165) is 11.2 Å². The molecule has 1 amide bonds. The van der Waals surface area contributed by atoms with Crippen molar-refractivity contribution in [2.45, 2.75) is 0 Å². The highest BCUT2D eigenvalue weighted by atomic mass is 35.5. The number of fused-ring (bicyclic) bond motifs is 1. The molecule has 0 unspecified atom stereocenters. The molecule has 4 rings (SSSR count). The topological polar surface area (TPSA) is 72.7 Å². The largest absolute Gasteiger partial charge is 0.322 e. The molecule has 2 aromatic carbocycles. The Bertz CT molecular complexity index is 1040. The molecule has 1 N–H and O–H groups in total. The highest BCUT2D eigenvalue weighted by Gasteiger charge is 2.09. The first-order valence-electron chi connectivity index (χ1n) is 7.53. The Hall–Kier alpha value is -3.25. The van der Waals surface area contributed by atoms with E-state index in [1.807, 2.05) is 18.2 Å². The number of aromatic nitrogens is 4. The van der Waals surface area contributed by atoms with Crippen molar-refractivity contribution < 1.29 is 4.79 Å². The van der Waals surface area contributed by atoms with Crippen molar-refractivity contribution in [1.29, 1.82) is 0 Å². The molecule has 0 bridgehead atoms. The maximum atomic E-state index is 12.2. The second-order valence-electron chi connectivity index (χ2n) is 5.37. The molecule has 122 valence electrons. The maximum absolute atomic E-state index is 12.2. The van der Waals surface area contributed by atoms with Gasteiger partial charge in [-0.3, -0.25) is 9.78 Å². The molecule has 2 heterocycles. The molecule has 4 aromatic rings. The second kappa shape index (κ2) is 6.33. The molecule has 0 aliphatic heterocycles. The molecule has 2 aromatic heterocycles. The van der Waals surface area contributed by atoms with Crippen molar-refractivity contribution in [2.24, 2.45) is 0 Å². The molecule has 0 saturated heterocycles. The molecular formula is C18H12ClN5O. The number of hydrogen-bond donors (Lipinski definition) is 1. The van der Waals surface area contributed by atoms with Gasteiger partial charge in [0, 0.05) is 23.1 Å². The SMILES string of the molecule is O=C(Nc1ccc2nn(-c3ccc(Cl)cc3)nc2c1)c1cccnc1. The summed E-state index contributed by atoms with van der Waals surface area (Å²) in [6.45, 7) is 0. The zero-order valence-electron chi connectivity index (χ0n) is 12.9. The Morgan fingerprint density at radius 3 is 2.56 bits per heavy atom. The molecule has 0 atom stereocenters. The van der Waals surface area contributed by atoms with E-state index in [9.17, 15) is 4.79 Å². The van der Waals surface area contributed by atoms with Gasteiger partial charge in [-0.15, -0.1) is 10.2 Å². The Balaban J connectivity index is 1.62. The summed E-state index contributed by atoms with van der Waals surface area (Å²) in [5, 5.41) is 12.4. The van der Waals surface area contributed by atoms with Crippen molar-refractivity contribution in [3.8, 4) is 5.69 Å². The number of nitrogens with zero attached hydrogens (tertiary/aromatic N) is 4. The van der Waals surface area contributed by atoms with E-state index >= 15 is 0 Å². The molecule has 7 heteroatoms. The summed E-state index contributed by atoms with van der Waals surface area (Å²) in [5.74, 6) is -0.224. The quantitative estimate of drug-likeness (QED) is 0.611. The van der Waals surface area contributed by atoms with Gasteiger partial charge in [0.2, 0.25) is 0 Å². The first kappa shape index (κ1) is 15.3. The minimum absolute atomic E-state index is 0.224. The number of carbonyl (C=O) groups excluding carboxylic acids is 1. The summed E-state index contributed by atoms with van der Waals surface area (Å²) in [4.78, 5) is 17.7. The van der Waals surface area contributed by atoms with Crippen LogP contribution >= 0.6 is 11.6 Å². The summed E-state index contributed by atoms with van der Waals surface area (Å²) >= 11 is 5.90. The van der Waals surface area contributed by atoms with Gasteiger partial charge in [-0.1, -0.05) is 11.6 Å². The first-order chi connectivity index (χ1) is 12.2. The fourth-order valence-corrected chi connectivity index (χ4v) is 2.51. The second-order valence-corrected chi connectivity index (χ2v) is 5.80. The third-order valence-corrected chi connectivity index (χ3v) is 3.87. The lowest BCUT2D eigenvalue weighted by Gasteiger charge is -2.04. The van der Waals surface area contributed by atoms with Gasteiger partial charge in [0.1, 0.15) is 11.0 Å². The van der Waals surface area contributed by atoms with E-state index in [-0.39, 0.29) is 5.91 Å². The number of nitrogens with one attached hydrogen (secondary N) is 1. The zero-order valence-corrected chi connectivity index (χ0v) is 13.7. The number of amides is 1. The van der Waals surface area contributed by atoms with Crippen LogP contribution in [0.4, 0.5) is 5.69 Å². The Labute approximate surface area is 148 Å². The smallest absolute Gasteiger partial charge is 0.257 e. The Morgan fingerprint density at radius 2 is 1.80 bits per heavy atom. The van der Waals surface area contributed by atoms with Gasteiger partial charge in [-0.05, 0) is 54.6 Å². The molecule has 0 radical (unpaired) electrons. The number of benzene rings is 2. The summed E-state index contributed by atoms with van der Waals surface area (Å²) in [6, 6.07) is 16.1. The average Bonchev–Trinajstić information content (AvgIpc) is 3.06. The standard InChI is InChI=1S/C18H12ClN5O/c19-13-3-6-15(7-4-13)24-22-16-8-5-14(10-17(16)23-24)21-18(25)12-2-1-9-20-11-12/h1-11H,(H,21,25). The fourth-order valence-electron chi connectivity index (χ4n) is 2.38. The van der Waals surface area contributed by atoms with Gasteiger partial charge in [0.25, 0.3) is 5.91 Å². The lowest BCUT2D eigenvalue weighted by Crippen LogP contribution is -2.11. The van der Waals surface area contributed by atoms with E-state index < -0.39 is 0 Å². The van der Waals surface area contributed by atoms with Crippen LogP contribution in [0, 0.1) is 0 Å². The number of hydrogen-bond acceptors (Lipinski definition) is 4. The first-order valence-corrected chi connectivity index (χ1v) is 7.91. The average molecular weight is 350 g/mol. The highest BCUT2D eigenvalue weighted by molar-refractivity contribution is 6.30. The normalized spacial score (nSPS) is 10.8. The monoisotopic (exact) mass is 349 g/mol. The van der Waals surface area contributed by atoms with E-state index in [0.29, 0.717) is 21.8 Å². The van der Waals surface area contributed by atoms with Crippen LogP contribution in [0.25, 0.3) is 16.7 Å². The fraction of sp³-hybridized carbons (Fsp3) is 0. The molecule has 0 aliphatic rings. The predicted octanol–water partition coefficient (Wildman–Crippen LogP) is 3.72. The third-order valence-electron chi connectivity index (χ3n) is 3.62. The number of rotatable bonds is 3. The van der Waals surface area contributed by atoms with E-state index in [1.54, 1.807) is 42.6 Å². The number of halogens is 1. The van der Waals surface area contributed by atoms with E-state index in [4.69, 9.17) is 11.6 Å². The van der Waals surface area contributed by atoms with Crippen molar-refractivity contribution in [3.63, 3.8) is 0 Å². The summed E-state index contributed by atoms with van der Waals surface area (Å²) in [5.41, 5.74) is 3.35. The lowest BCUT2D eigenvalue weighted by molar-refractivity contribution is 0.102. The Kier molecular flexibility index (Phi) is 3.87. The minimum Gasteiger partial charge on any atom is -0.322 e. The number of pyridine rings is 1. The van der Waals surface area contributed by atoms with Gasteiger partial charge >= 0.3 is 0 Å². The molecule has 0 aliphatic carbocycles. The molecule has 0 fully saturated rings. The van der Waals surface area contributed by atoms with Crippen molar-refractivity contribution >= 4 is 34.2 Å². The summed E-state index contributed by atoms with van der Waals surface area (Å²) in [6.07, 6.45) is 3.14. The van der Waals surface area contributed by atoms with Crippen LogP contribution in [-0.2, 0) is 0 Å². The van der Waals surface area contributed by atoms with Crippen LogP contribution in [0.5, 0.6) is 0 Å². The Morgan fingerprint density at radius 1 is 1.00 bits per heavy atom. The highest BCUT2D eigenvalue weighted by Crippen LogP contribution is 2.19. The molecule has 0 spiro atoms. The van der Waals surface area contributed by atoms with Crippen LogP contribution in [0.1, 0.15) is 10.4 Å². The van der Waals surface area contributed by atoms with Crippen molar-refractivity contribution in [1.82, 2.24) is 20.0 Å². The van der Waals surface area contributed by atoms with Crippen LogP contribution in [-0.4, -0.2) is 25.9 Å².